The summed E-state index contributed by atoms with van der Waals surface area (Å²) < 4.78 is 4.69. The van der Waals surface area contributed by atoms with Crippen molar-refractivity contribution in [3.63, 3.8) is 0 Å². The lowest BCUT2D eigenvalue weighted by Crippen LogP contribution is -2.31. The number of carbonyl (C=O) groups excluding carboxylic acids is 2. The highest BCUT2D eigenvalue weighted by Crippen LogP contribution is 2.26. The van der Waals surface area contributed by atoms with Gasteiger partial charge < -0.3 is 20.1 Å². The molecular formula is C15H14ClN3O4. The second-order valence-electron chi connectivity index (χ2n) is 4.72. The number of nitriles is 1. The maximum absolute atomic E-state index is 12.4. The first-order valence-corrected chi connectivity index (χ1v) is 7.08. The van der Waals surface area contributed by atoms with Crippen LogP contribution in [-0.2, 0) is 14.3 Å². The Hall–Kier alpha value is -2.56. The van der Waals surface area contributed by atoms with Crippen molar-refractivity contribution < 1.29 is 19.4 Å². The van der Waals surface area contributed by atoms with E-state index in [0.717, 1.165) is 0 Å². The Balaban J connectivity index is 2.41. The van der Waals surface area contributed by atoms with E-state index in [2.05, 4.69) is 10.1 Å². The van der Waals surface area contributed by atoms with Crippen molar-refractivity contribution >= 4 is 29.2 Å². The second-order valence-corrected chi connectivity index (χ2v) is 5.16. The molecule has 0 unspecified atom stereocenters. The molecule has 2 rings (SSSR count). The zero-order valence-corrected chi connectivity index (χ0v) is 13.1. The molecule has 0 aromatic heterocycles. The number of β-amino-alcohol motifs (C(OH)–C–C–N with tert-alkyl or cyclic N) is 1. The van der Waals surface area contributed by atoms with Crippen molar-refractivity contribution in [2.45, 2.75) is 0 Å². The van der Waals surface area contributed by atoms with Crippen molar-refractivity contribution in [2.24, 2.45) is 0 Å². The van der Waals surface area contributed by atoms with Crippen LogP contribution < -0.4 is 5.32 Å². The summed E-state index contributed by atoms with van der Waals surface area (Å²) in [7, 11) is 1.21. The van der Waals surface area contributed by atoms with Crippen LogP contribution in [0.25, 0.3) is 0 Å². The van der Waals surface area contributed by atoms with Crippen LogP contribution in [-0.4, -0.2) is 48.7 Å². The van der Waals surface area contributed by atoms with Gasteiger partial charge in [-0.2, -0.15) is 5.26 Å². The average Bonchev–Trinajstić information content (AvgIpc) is 2.84. The Labute approximate surface area is 137 Å². The quantitative estimate of drug-likeness (QED) is 0.774. The fraction of sp³-hybridized carbons (Fsp3) is 0.267. The van der Waals surface area contributed by atoms with E-state index in [0.29, 0.717) is 10.7 Å². The van der Waals surface area contributed by atoms with Crippen LogP contribution in [0.4, 0.5) is 5.69 Å². The molecule has 1 amide bonds. The zero-order valence-electron chi connectivity index (χ0n) is 12.3. The van der Waals surface area contributed by atoms with Gasteiger partial charge >= 0.3 is 5.97 Å². The topological polar surface area (TPSA) is 103 Å². The van der Waals surface area contributed by atoms with Gasteiger partial charge in [-0.1, -0.05) is 11.6 Å². The molecule has 8 heteroatoms. The highest BCUT2D eigenvalue weighted by molar-refractivity contribution is 6.31. The molecule has 0 fully saturated rings. The third-order valence-electron chi connectivity index (χ3n) is 3.32. The summed E-state index contributed by atoms with van der Waals surface area (Å²) in [4.78, 5) is 25.6. The van der Waals surface area contributed by atoms with Gasteiger partial charge in [0.15, 0.2) is 0 Å². The third-order valence-corrected chi connectivity index (χ3v) is 3.55. The van der Waals surface area contributed by atoms with Gasteiger partial charge in [0, 0.05) is 11.6 Å². The molecule has 7 nitrogen and oxygen atoms in total. The lowest BCUT2D eigenvalue weighted by atomic mass is 10.1. The van der Waals surface area contributed by atoms with Crippen LogP contribution in [0.3, 0.4) is 0 Å². The standard InChI is InChI=1S/C15H14ClN3O4/c1-23-15(22)11-8-19(4-5-20)14(21)13(11)18-12-6-10(16)3-2-9(12)7-17/h2-3,6,18,20H,4-5,8H2,1H3. The Bertz CT molecular complexity index is 724. The number of halogens is 1. The molecular weight excluding hydrogens is 322 g/mol. The number of methoxy groups -OCH3 is 1. The van der Waals surface area contributed by atoms with Crippen molar-refractivity contribution in [2.75, 3.05) is 32.1 Å². The van der Waals surface area contributed by atoms with Crippen LogP contribution >= 0.6 is 11.6 Å². The van der Waals surface area contributed by atoms with E-state index in [-0.39, 0.29) is 36.5 Å². The lowest BCUT2D eigenvalue weighted by molar-refractivity contribution is -0.136. The molecule has 120 valence electrons. The number of rotatable bonds is 5. The van der Waals surface area contributed by atoms with Crippen LogP contribution in [0, 0.1) is 11.3 Å². The second kappa shape index (κ2) is 7.13. The Morgan fingerprint density at radius 2 is 2.30 bits per heavy atom. The fourth-order valence-corrected chi connectivity index (χ4v) is 2.37. The molecule has 0 aliphatic carbocycles. The number of carbonyl (C=O) groups is 2. The summed E-state index contributed by atoms with van der Waals surface area (Å²) in [5.41, 5.74) is 0.744. The van der Waals surface area contributed by atoms with Gasteiger partial charge in [0.2, 0.25) is 0 Å². The number of benzene rings is 1. The smallest absolute Gasteiger partial charge is 0.337 e. The van der Waals surface area contributed by atoms with E-state index in [1.807, 2.05) is 6.07 Å². The monoisotopic (exact) mass is 335 g/mol. The molecule has 1 aromatic carbocycles. The fourth-order valence-electron chi connectivity index (χ4n) is 2.20. The normalized spacial score (nSPS) is 14.0. The van der Waals surface area contributed by atoms with Gasteiger partial charge in [-0.3, -0.25) is 4.79 Å². The predicted octanol–water partition coefficient (Wildman–Crippen LogP) is 0.885. The van der Waals surface area contributed by atoms with E-state index < -0.39 is 11.9 Å². The molecule has 0 spiro atoms. The number of anilines is 1. The highest BCUT2D eigenvalue weighted by Gasteiger charge is 2.34. The molecule has 0 saturated heterocycles. The molecule has 1 aliphatic rings. The molecule has 0 radical (unpaired) electrons. The molecule has 23 heavy (non-hydrogen) atoms. The van der Waals surface area contributed by atoms with E-state index >= 15 is 0 Å². The van der Waals surface area contributed by atoms with Gasteiger partial charge in [0.05, 0.1) is 37.1 Å². The summed E-state index contributed by atoms with van der Waals surface area (Å²) in [6, 6.07) is 6.53. The van der Waals surface area contributed by atoms with Gasteiger partial charge in [-0.25, -0.2) is 4.79 Å². The summed E-state index contributed by atoms with van der Waals surface area (Å²) >= 11 is 5.91. The first kappa shape index (κ1) is 16.8. The van der Waals surface area contributed by atoms with E-state index in [1.54, 1.807) is 6.07 Å². The molecule has 0 atom stereocenters. The number of ether oxygens (including phenoxy) is 1. The van der Waals surface area contributed by atoms with Crippen molar-refractivity contribution in [3.05, 3.63) is 40.1 Å². The summed E-state index contributed by atoms with van der Waals surface area (Å²) in [5.74, 6) is -1.11. The van der Waals surface area contributed by atoms with Crippen LogP contribution in [0.15, 0.2) is 29.5 Å². The Kier molecular flexibility index (Phi) is 5.21. The van der Waals surface area contributed by atoms with Gasteiger partial charge in [-0.15, -0.1) is 0 Å². The number of hydrogen-bond donors (Lipinski definition) is 2. The van der Waals surface area contributed by atoms with Crippen molar-refractivity contribution in [1.82, 2.24) is 4.90 Å². The summed E-state index contributed by atoms with van der Waals surface area (Å²) in [5, 5.41) is 21.3. The van der Waals surface area contributed by atoms with Crippen molar-refractivity contribution in [3.8, 4) is 6.07 Å². The van der Waals surface area contributed by atoms with E-state index in [1.165, 1.54) is 24.1 Å². The molecule has 0 bridgehead atoms. The number of esters is 1. The number of amides is 1. The molecule has 1 aromatic rings. The number of nitrogens with one attached hydrogen (secondary N) is 1. The number of nitrogens with zero attached hydrogens (tertiary/aromatic N) is 2. The SMILES string of the molecule is COC(=O)C1=C(Nc2cc(Cl)ccc2C#N)C(=O)N(CCO)C1. The minimum Gasteiger partial charge on any atom is -0.466 e. The Morgan fingerprint density at radius 3 is 2.91 bits per heavy atom. The maximum Gasteiger partial charge on any atom is 0.337 e. The van der Waals surface area contributed by atoms with Crippen LogP contribution in [0.2, 0.25) is 5.02 Å². The lowest BCUT2D eigenvalue weighted by Gasteiger charge is -2.15. The zero-order chi connectivity index (χ0) is 17.0. The highest BCUT2D eigenvalue weighted by atomic mass is 35.5. The predicted molar refractivity (Wildman–Crippen MR) is 82.5 cm³/mol. The van der Waals surface area contributed by atoms with E-state index in [9.17, 15) is 9.59 Å². The number of hydrogen-bond acceptors (Lipinski definition) is 6. The van der Waals surface area contributed by atoms with E-state index in [4.69, 9.17) is 22.0 Å². The first-order chi connectivity index (χ1) is 11.0. The largest absolute Gasteiger partial charge is 0.466 e. The maximum atomic E-state index is 12.4. The molecule has 0 saturated carbocycles. The Morgan fingerprint density at radius 1 is 1.57 bits per heavy atom. The van der Waals surface area contributed by atoms with Gasteiger partial charge in [0.1, 0.15) is 11.8 Å². The minimum atomic E-state index is -0.651. The number of aliphatic hydroxyl groups is 1. The van der Waals surface area contributed by atoms with Crippen LogP contribution in [0.1, 0.15) is 5.56 Å². The summed E-state index contributed by atoms with van der Waals surface area (Å²) in [6.07, 6.45) is 0. The average molecular weight is 336 g/mol. The first-order valence-electron chi connectivity index (χ1n) is 6.70. The number of aliphatic hydroxyl groups excluding tert-OH is 1. The molecule has 1 aliphatic heterocycles. The molecule has 2 N–H and O–H groups in total. The third kappa shape index (κ3) is 3.44. The van der Waals surface area contributed by atoms with Crippen molar-refractivity contribution in [1.29, 1.82) is 5.26 Å². The van der Waals surface area contributed by atoms with Gasteiger partial charge in [0.25, 0.3) is 5.91 Å². The minimum absolute atomic E-state index is 0.0177. The van der Waals surface area contributed by atoms with Gasteiger partial charge in [-0.05, 0) is 18.2 Å². The molecule has 1 heterocycles. The summed E-state index contributed by atoms with van der Waals surface area (Å²) in [6.45, 7) is -0.115. The van der Waals surface area contributed by atoms with Crippen LogP contribution in [0.5, 0.6) is 0 Å².